The van der Waals surface area contributed by atoms with Gasteiger partial charge in [-0.3, -0.25) is 4.79 Å². The second kappa shape index (κ2) is 6.71. The molecule has 1 aromatic rings. The van der Waals surface area contributed by atoms with Gasteiger partial charge < -0.3 is 10.6 Å². The highest BCUT2D eigenvalue weighted by Gasteiger charge is 2.23. The Balaban J connectivity index is 1.76. The van der Waals surface area contributed by atoms with Crippen molar-refractivity contribution in [3.8, 4) is 0 Å². The van der Waals surface area contributed by atoms with Crippen molar-refractivity contribution in [2.24, 2.45) is 0 Å². The van der Waals surface area contributed by atoms with Crippen LogP contribution in [-0.4, -0.2) is 24.5 Å². The lowest BCUT2D eigenvalue weighted by molar-refractivity contribution is -0.123. The third-order valence-electron chi connectivity index (χ3n) is 3.89. The number of rotatable bonds is 4. The van der Waals surface area contributed by atoms with Crippen LogP contribution in [0.1, 0.15) is 37.3 Å². The quantitative estimate of drug-likeness (QED) is 0.871. The Morgan fingerprint density at radius 2 is 2.16 bits per heavy atom. The maximum absolute atomic E-state index is 12.0. The van der Waals surface area contributed by atoms with Gasteiger partial charge in [-0.15, -0.1) is 0 Å². The molecule has 0 aliphatic carbocycles. The first-order valence-corrected chi connectivity index (χ1v) is 7.25. The zero-order valence-corrected chi connectivity index (χ0v) is 11.9. The third-order valence-corrected chi connectivity index (χ3v) is 3.89. The highest BCUT2D eigenvalue weighted by Crippen LogP contribution is 2.12. The fourth-order valence-corrected chi connectivity index (χ4v) is 2.68. The molecule has 2 N–H and O–H groups in total. The highest BCUT2D eigenvalue weighted by molar-refractivity contribution is 5.81. The molecule has 0 radical (unpaired) electrons. The van der Waals surface area contributed by atoms with Gasteiger partial charge in [0.1, 0.15) is 0 Å². The van der Waals surface area contributed by atoms with Crippen LogP contribution in [-0.2, 0) is 11.2 Å². The first-order chi connectivity index (χ1) is 9.16. The molecular formula is C16H24N2O. The van der Waals surface area contributed by atoms with Crippen LogP contribution in [0.3, 0.4) is 0 Å². The summed E-state index contributed by atoms with van der Waals surface area (Å²) in [6.45, 7) is 4.98. The number of benzene rings is 1. The van der Waals surface area contributed by atoms with Gasteiger partial charge in [0.2, 0.25) is 5.91 Å². The van der Waals surface area contributed by atoms with E-state index in [4.69, 9.17) is 0 Å². The van der Waals surface area contributed by atoms with Crippen molar-refractivity contribution in [3.05, 3.63) is 35.4 Å². The van der Waals surface area contributed by atoms with E-state index in [9.17, 15) is 4.79 Å². The van der Waals surface area contributed by atoms with Gasteiger partial charge in [0.05, 0.1) is 6.04 Å². The van der Waals surface area contributed by atoms with Crippen LogP contribution in [0.2, 0.25) is 0 Å². The lowest BCUT2D eigenvalue weighted by atomic mass is 9.99. The first-order valence-electron chi connectivity index (χ1n) is 7.25. The Bertz CT molecular complexity index is 431. The SMILES string of the molecule is Cc1ccccc1CCNC(=O)C1CCCC(C)N1. The van der Waals surface area contributed by atoms with Crippen molar-refractivity contribution in [2.75, 3.05) is 6.54 Å². The van der Waals surface area contributed by atoms with Gasteiger partial charge in [-0.1, -0.05) is 24.3 Å². The molecule has 3 heteroatoms. The van der Waals surface area contributed by atoms with Gasteiger partial charge in [0.25, 0.3) is 0 Å². The molecule has 0 saturated carbocycles. The van der Waals surface area contributed by atoms with Crippen molar-refractivity contribution in [1.82, 2.24) is 10.6 Å². The summed E-state index contributed by atoms with van der Waals surface area (Å²) in [5.74, 6) is 0.153. The van der Waals surface area contributed by atoms with E-state index in [1.807, 2.05) is 6.07 Å². The van der Waals surface area contributed by atoms with Gasteiger partial charge in [-0.05, 0) is 50.7 Å². The number of carbonyl (C=O) groups excluding carboxylic acids is 1. The van der Waals surface area contributed by atoms with Crippen LogP contribution in [0.25, 0.3) is 0 Å². The molecule has 104 valence electrons. The minimum absolute atomic E-state index is 0.000574. The van der Waals surface area contributed by atoms with Gasteiger partial charge in [0.15, 0.2) is 0 Å². The predicted molar refractivity (Wildman–Crippen MR) is 78.1 cm³/mol. The molecule has 0 aromatic heterocycles. The Hall–Kier alpha value is -1.35. The second-order valence-electron chi connectivity index (χ2n) is 5.52. The van der Waals surface area contributed by atoms with Crippen LogP contribution in [0.15, 0.2) is 24.3 Å². The van der Waals surface area contributed by atoms with Crippen LogP contribution >= 0.6 is 0 Å². The average molecular weight is 260 g/mol. The Morgan fingerprint density at radius 3 is 2.89 bits per heavy atom. The summed E-state index contributed by atoms with van der Waals surface area (Å²) in [4.78, 5) is 12.0. The van der Waals surface area contributed by atoms with Crippen LogP contribution in [0.4, 0.5) is 0 Å². The van der Waals surface area contributed by atoms with E-state index in [1.165, 1.54) is 17.5 Å². The van der Waals surface area contributed by atoms with Crippen molar-refractivity contribution in [3.63, 3.8) is 0 Å². The van der Waals surface area contributed by atoms with Crippen molar-refractivity contribution >= 4 is 5.91 Å². The number of aryl methyl sites for hydroxylation is 1. The summed E-state index contributed by atoms with van der Waals surface area (Å²) in [5.41, 5.74) is 2.61. The van der Waals surface area contributed by atoms with Crippen LogP contribution < -0.4 is 10.6 Å². The maximum Gasteiger partial charge on any atom is 0.237 e. The zero-order chi connectivity index (χ0) is 13.7. The third kappa shape index (κ3) is 4.06. The largest absolute Gasteiger partial charge is 0.354 e. The molecule has 2 unspecified atom stereocenters. The molecular weight excluding hydrogens is 236 g/mol. The topological polar surface area (TPSA) is 41.1 Å². The number of nitrogens with one attached hydrogen (secondary N) is 2. The number of piperidine rings is 1. The molecule has 1 aromatic carbocycles. The molecule has 2 atom stereocenters. The molecule has 0 bridgehead atoms. The summed E-state index contributed by atoms with van der Waals surface area (Å²) in [5, 5.41) is 6.41. The number of carbonyl (C=O) groups is 1. The standard InChI is InChI=1S/C16H24N2O/c1-12-6-3-4-8-14(12)10-11-17-16(19)15-9-5-7-13(2)18-15/h3-4,6,8,13,15,18H,5,7,9-11H2,1-2H3,(H,17,19). The van der Waals surface area contributed by atoms with E-state index in [-0.39, 0.29) is 11.9 Å². The lowest BCUT2D eigenvalue weighted by Crippen LogP contribution is -2.50. The molecule has 19 heavy (non-hydrogen) atoms. The summed E-state index contributed by atoms with van der Waals surface area (Å²) in [6.07, 6.45) is 4.18. The van der Waals surface area contributed by atoms with E-state index in [0.717, 1.165) is 25.8 Å². The van der Waals surface area contributed by atoms with Crippen molar-refractivity contribution in [2.45, 2.75) is 51.6 Å². The van der Waals surface area contributed by atoms with Crippen molar-refractivity contribution in [1.29, 1.82) is 0 Å². The van der Waals surface area contributed by atoms with E-state index in [0.29, 0.717) is 6.04 Å². The average Bonchev–Trinajstić information content (AvgIpc) is 2.41. The van der Waals surface area contributed by atoms with Gasteiger partial charge in [-0.2, -0.15) is 0 Å². The van der Waals surface area contributed by atoms with E-state index in [1.54, 1.807) is 0 Å². The summed E-state index contributed by atoms with van der Waals surface area (Å²) < 4.78 is 0. The van der Waals surface area contributed by atoms with Crippen molar-refractivity contribution < 1.29 is 4.79 Å². The minimum Gasteiger partial charge on any atom is -0.354 e. The summed E-state index contributed by atoms with van der Waals surface area (Å²) in [7, 11) is 0. The predicted octanol–water partition coefficient (Wildman–Crippen LogP) is 2.18. The van der Waals surface area contributed by atoms with Gasteiger partial charge in [-0.25, -0.2) is 0 Å². The number of hydrogen-bond acceptors (Lipinski definition) is 2. The molecule has 1 amide bonds. The second-order valence-corrected chi connectivity index (χ2v) is 5.52. The van der Waals surface area contributed by atoms with Gasteiger partial charge >= 0.3 is 0 Å². The monoisotopic (exact) mass is 260 g/mol. The molecule has 1 fully saturated rings. The first kappa shape index (κ1) is 14.1. The lowest BCUT2D eigenvalue weighted by Gasteiger charge is -2.27. The molecule has 1 aliphatic heterocycles. The highest BCUT2D eigenvalue weighted by atomic mass is 16.2. The van der Waals surface area contributed by atoms with E-state index < -0.39 is 0 Å². The Morgan fingerprint density at radius 1 is 1.37 bits per heavy atom. The number of amides is 1. The van der Waals surface area contributed by atoms with Crippen LogP contribution in [0.5, 0.6) is 0 Å². The zero-order valence-electron chi connectivity index (χ0n) is 11.9. The Labute approximate surface area is 115 Å². The fraction of sp³-hybridized carbons (Fsp3) is 0.562. The molecule has 1 aliphatic rings. The van der Waals surface area contributed by atoms with E-state index in [2.05, 4.69) is 42.7 Å². The molecule has 3 nitrogen and oxygen atoms in total. The smallest absolute Gasteiger partial charge is 0.237 e. The van der Waals surface area contributed by atoms with E-state index >= 15 is 0 Å². The van der Waals surface area contributed by atoms with Crippen LogP contribution in [0, 0.1) is 6.92 Å². The molecule has 1 heterocycles. The summed E-state index contributed by atoms with van der Waals surface area (Å²) >= 11 is 0. The summed E-state index contributed by atoms with van der Waals surface area (Å²) in [6, 6.07) is 8.80. The molecule has 0 spiro atoms. The van der Waals surface area contributed by atoms with Gasteiger partial charge in [0, 0.05) is 12.6 Å². The molecule has 2 rings (SSSR count). The maximum atomic E-state index is 12.0. The molecule has 1 saturated heterocycles. The minimum atomic E-state index is 0.000574. The normalized spacial score (nSPS) is 23.1. The fourth-order valence-electron chi connectivity index (χ4n) is 2.68. The Kier molecular flexibility index (Phi) is 4.97. The number of hydrogen-bond donors (Lipinski definition) is 2.